The van der Waals surface area contributed by atoms with E-state index in [1.54, 1.807) is 17.7 Å². The molecule has 90 valence electrons. The molecule has 3 nitrogen and oxygen atoms in total. The van der Waals surface area contributed by atoms with E-state index in [1.807, 2.05) is 20.2 Å². The highest BCUT2D eigenvalue weighted by atomic mass is 19.1. The van der Waals surface area contributed by atoms with E-state index in [2.05, 4.69) is 5.10 Å². The molecular weight excluding hydrogens is 217 g/mol. The van der Waals surface area contributed by atoms with E-state index in [-0.39, 0.29) is 5.82 Å². The molecule has 0 fully saturated rings. The number of anilines is 1. The van der Waals surface area contributed by atoms with Gasteiger partial charge in [0.1, 0.15) is 5.82 Å². The second-order valence-corrected chi connectivity index (χ2v) is 4.21. The highest BCUT2D eigenvalue weighted by Gasteiger charge is 2.13. The Balaban J connectivity index is 2.63. The van der Waals surface area contributed by atoms with E-state index >= 15 is 0 Å². The average Bonchev–Trinajstić information content (AvgIpc) is 2.64. The van der Waals surface area contributed by atoms with Crippen LogP contribution in [-0.2, 0) is 13.5 Å². The summed E-state index contributed by atoms with van der Waals surface area (Å²) in [5, 5.41) is 4.31. The number of hydrogen-bond acceptors (Lipinski definition) is 2. The lowest BCUT2D eigenvalue weighted by Crippen LogP contribution is -1.95. The first-order chi connectivity index (χ1) is 8.02. The van der Waals surface area contributed by atoms with Gasteiger partial charge in [0, 0.05) is 30.1 Å². The summed E-state index contributed by atoms with van der Waals surface area (Å²) in [7, 11) is 1.83. The van der Waals surface area contributed by atoms with Crippen molar-refractivity contribution in [3.63, 3.8) is 0 Å². The summed E-state index contributed by atoms with van der Waals surface area (Å²) in [4.78, 5) is 0. The highest BCUT2D eigenvalue weighted by Crippen LogP contribution is 2.29. The quantitative estimate of drug-likeness (QED) is 0.810. The molecule has 2 N–H and O–H groups in total. The second-order valence-electron chi connectivity index (χ2n) is 4.21. The summed E-state index contributed by atoms with van der Waals surface area (Å²) in [5.74, 6) is -0.251. The normalized spacial score (nSPS) is 10.8. The lowest BCUT2D eigenvalue weighted by atomic mass is 10.0. The molecule has 2 rings (SSSR count). The largest absolute Gasteiger partial charge is 0.398 e. The minimum Gasteiger partial charge on any atom is -0.398 e. The Morgan fingerprint density at radius 1 is 1.35 bits per heavy atom. The summed E-state index contributed by atoms with van der Waals surface area (Å²) in [5.41, 5.74) is 9.42. The Morgan fingerprint density at radius 3 is 2.71 bits per heavy atom. The van der Waals surface area contributed by atoms with Crippen molar-refractivity contribution in [3.05, 3.63) is 35.4 Å². The molecule has 0 saturated carbocycles. The molecule has 4 heteroatoms. The van der Waals surface area contributed by atoms with Crippen molar-refractivity contribution in [1.29, 1.82) is 0 Å². The summed E-state index contributed by atoms with van der Waals surface area (Å²) in [6.07, 6.45) is 2.59. The van der Waals surface area contributed by atoms with Gasteiger partial charge in [-0.15, -0.1) is 0 Å². The molecule has 0 aliphatic carbocycles. The minimum atomic E-state index is -0.251. The third-order valence-electron chi connectivity index (χ3n) is 2.89. The van der Waals surface area contributed by atoms with Gasteiger partial charge in [-0.05, 0) is 31.0 Å². The zero-order valence-corrected chi connectivity index (χ0v) is 10.3. The van der Waals surface area contributed by atoms with Crippen LogP contribution in [0, 0.1) is 12.7 Å². The Labute approximate surface area is 100 Å². The van der Waals surface area contributed by atoms with Gasteiger partial charge in [0.25, 0.3) is 0 Å². The molecule has 0 amide bonds. The smallest absolute Gasteiger partial charge is 0.131 e. The average molecular weight is 233 g/mol. The topological polar surface area (TPSA) is 43.8 Å². The highest BCUT2D eigenvalue weighted by molar-refractivity contribution is 5.71. The van der Waals surface area contributed by atoms with Gasteiger partial charge in [-0.25, -0.2) is 4.39 Å². The van der Waals surface area contributed by atoms with E-state index in [0.717, 1.165) is 23.2 Å². The minimum absolute atomic E-state index is 0.251. The lowest BCUT2D eigenvalue weighted by Gasteiger charge is -2.06. The van der Waals surface area contributed by atoms with Crippen molar-refractivity contribution in [2.24, 2.45) is 7.05 Å². The number of benzene rings is 1. The molecular formula is C13H16FN3. The van der Waals surface area contributed by atoms with Gasteiger partial charge in [-0.3, -0.25) is 4.68 Å². The van der Waals surface area contributed by atoms with Gasteiger partial charge in [-0.2, -0.15) is 5.10 Å². The third kappa shape index (κ3) is 2.02. The fourth-order valence-corrected chi connectivity index (χ4v) is 1.92. The van der Waals surface area contributed by atoms with Gasteiger partial charge in [0.15, 0.2) is 0 Å². The fourth-order valence-electron chi connectivity index (χ4n) is 1.92. The summed E-state index contributed by atoms with van der Waals surface area (Å²) in [6, 6.07) is 3.15. The predicted molar refractivity (Wildman–Crippen MR) is 67.1 cm³/mol. The van der Waals surface area contributed by atoms with Crippen LogP contribution in [0.3, 0.4) is 0 Å². The van der Waals surface area contributed by atoms with Gasteiger partial charge in [0.05, 0.1) is 5.69 Å². The number of nitrogens with two attached hydrogens (primary N) is 1. The molecule has 0 bridgehead atoms. The SMILES string of the molecule is CCc1nn(C)cc1-c1cc(N)c(C)cc1F. The fraction of sp³-hybridized carbons (Fsp3) is 0.308. The van der Waals surface area contributed by atoms with Crippen LogP contribution in [0.15, 0.2) is 18.3 Å². The summed E-state index contributed by atoms with van der Waals surface area (Å²) >= 11 is 0. The molecule has 0 radical (unpaired) electrons. The Morgan fingerprint density at radius 2 is 2.06 bits per heavy atom. The Hall–Kier alpha value is -1.84. The van der Waals surface area contributed by atoms with Gasteiger partial charge < -0.3 is 5.73 Å². The number of nitrogens with zero attached hydrogens (tertiary/aromatic N) is 2. The number of nitrogen functional groups attached to an aromatic ring is 1. The van der Waals surface area contributed by atoms with Crippen molar-refractivity contribution in [2.45, 2.75) is 20.3 Å². The van der Waals surface area contributed by atoms with Crippen LogP contribution < -0.4 is 5.73 Å². The van der Waals surface area contributed by atoms with E-state index in [0.29, 0.717) is 11.3 Å². The predicted octanol–water partition coefficient (Wildman–Crippen LogP) is 2.68. The van der Waals surface area contributed by atoms with Gasteiger partial charge in [0.2, 0.25) is 0 Å². The molecule has 17 heavy (non-hydrogen) atoms. The standard InChI is InChI=1S/C13H16FN3/c1-4-13-10(7-17(3)16-13)9-6-12(15)8(2)5-11(9)14/h5-7H,4,15H2,1-3H3. The van der Waals surface area contributed by atoms with Crippen LogP contribution in [0.2, 0.25) is 0 Å². The molecule has 0 aliphatic rings. The molecule has 0 aliphatic heterocycles. The molecule has 0 saturated heterocycles. The van der Waals surface area contributed by atoms with E-state index in [9.17, 15) is 4.39 Å². The van der Waals surface area contributed by atoms with Crippen LogP contribution >= 0.6 is 0 Å². The number of aryl methyl sites for hydroxylation is 3. The van der Waals surface area contributed by atoms with E-state index in [4.69, 9.17) is 5.73 Å². The second kappa shape index (κ2) is 4.20. The summed E-state index contributed by atoms with van der Waals surface area (Å²) in [6.45, 7) is 3.80. The maximum absolute atomic E-state index is 13.9. The van der Waals surface area contributed by atoms with Crippen molar-refractivity contribution in [1.82, 2.24) is 9.78 Å². The number of rotatable bonds is 2. The first-order valence-electron chi connectivity index (χ1n) is 5.61. The molecule has 2 aromatic rings. The van der Waals surface area contributed by atoms with Gasteiger partial charge >= 0.3 is 0 Å². The number of aromatic nitrogens is 2. The first kappa shape index (κ1) is 11.6. The van der Waals surface area contributed by atoms with E-state index < -0.39 is 0 Å². The Kier molecular flexibility index (Phi) is 2.88. The van der Waals surface area contributed by atoms with Crippen molar-refractivity contribution in [2.75, 3.05) is 5.73 Å². The molecule has 0 atom stereocenters. The number of halogens is 1. The monoisotopic (exact) mass is 233 g/mol. The molecule has 1 aromatic carbocycles. The van der Waals surface area contributed by atoms with Crippen LogP contribution in [0.5, 0.6) is 0 Å². The maximum Gasteiger partial charge on any atom is 0.131 e. The van der Waals surface area contributed by atoms with Crippen molar-refractivity contribution in [3.8, 4) is 11.1 Å². The number of hydrogen-bond donors (Lipinski definition) is 1. The zero-order valence-electron chi connectivity index (χ0n) is 10.3. The van der Waals surface area contributed by atoms with Crippen LogP contribution in [0.4, 0.5) is 10.1 Å². The molecule has 1 aromatic heterocycles. The van der Waals surface area contributed by atoms with E-state index in [1.165, 1.54) is 6.07 Å². The van der Waals surface area contributed by atoms with Crippen LogP contribution in [-0.4, -0.2) is 9.78 Å². The molecule has 0 unspecified atom stereocenters. The first-order valence-corrected chi connectivity index (χ1v) is 5.61. The zero-order chi connectivity index (χ0) is 12.6. The van der Waals surface area contributed by atoms with Crippen LogP contribution in [0.1, 0.15) is 18.2 Å². The van der Waals surface area contributed by atoms with Crippen molar-refractivity contribution >= 4 is 5.69 Å². The third-order valence-corrected chi connectivity index (χ3v) is 2.89. The molecule has 0 spiro atoms. The summed E-state index contributed by atoms with van der Waals surface area (Å²) < 4.78 is 15.6. The lowest BCUT2D eigenvalue weighted by molar-refractivity contribution is 0.630. The molecule has 1 heterocycles. The maximum atomic E-state index is 13.9. The Bertz CT molecular complexity index is 558. The van der Waals surface area contributed by atoms with Gasteiger partial charge in [-0.1, -0.05) is 6.92 Å². The van der Waals surface area contributed by atoms with Crippen LogP contribution in [0.25, 0.3) is 11.1 Å². The van der Waals surface area contributed by atoms with Crippen molar-refractivity contribution < 1.29 is 4.39 Å².